The quantitative estimate of drug-likeness (QED) is 0.794. The number of alkyl halides is 1. The van der Waals surface area contributed by atoms with Crippen LogP contribution in [0.3, 0.4) is 0 Å². The fourth-order valence-electron chi connectivity index (χ4n) is 1.41. The van der Waals surface area contributed by atoms with Gasteiger partial charge in [0.2, 0.25) is 0 Å². The van der Waals surface area contributed by atoms with Crippen LogP contribution >= 0.6 is 11.6 Å². The molecule has 0 bridgehead atoms. The predicted molar refractivity (Wildman–Crippen MR) is 69.9 cm³/mol. The molecule has 1 amide bonds. The summed E-state index contributed by atoms with van der Waals surface area (Å²) in [6.07, 6.45) is 1.70. The summed E-state index contributed by atoms with van der Waals surface area (Å²) in [6, 6.07) is 7.08. The third-order valence-corrected chi connectivity index (χ3v) is 3.04. The minimum Gasteiger partial charge on any atom is -0.497 e. The van der Waals surface area contributed by atoms with Gasteiger partial charge in [-0.25, -0.2) is 0 Å². The van der Waals surface area contributed by atoms with Crippen molar-refractivity contribution in [1.82, 2.24) is 5.32 Å². The van der Waals surface area contributed by atoms with Crippen LogP contribution in [0.1, 0.15) is 30.1 Å². The third-order valence-electron chi connectivity index (χ3n) is 2.52. The van der Waals surface area contributed by atoms with Gasteiger partial charge in [-0.1, -0.05) is 13.0 Å². The maximum Gasteiger partial charge on any atom is 0.251 e. The smallest absolute Gasteiger partial charge is 0.251 e. The summed E-state index contributed by atoms with van der Waals surface area (Å²) in [7, 11) is 1.58. The second-order valence-electron chi connectivity index (χ2n) is 3.78. The highest BCUT2D eigenvalue weighted by Crippen LogP contribution is 2.12. The van der Waals surface area contributed by atoms with Gasteiger partial charge < -0.3 is 10.1 Å². The van der Waals surface area contributed by atoms with E-state index in [1.807, 2.05) is 13.0 Å². The number of rotatable bonds is 6. The van der Waals surface area contributed by atoms with E-state index in [-0.39, 0.29) is 11.3 Å². The first-order valence-electron chi connectivity index (χ1n) is 5.73. The van der Waals surface area contributed by atoms with E-state index in [1.54, 1.807) is 25.3 Å². The molecule has 0 aliphatic rings. The highest BCUT2D eigenvalue weighted by atomic mass is 35.5. The number of carbonyl (C=O) groups excluding carboxylic acids is 1. The van der Waals surface area contributed by atoms with E-state index in [9.17, 15) is 4.79 Å². The highest BCUT2D eigenvalue weighted by molar-refractivity contribution is 6.20. The molecular weight excluding hydrogens is 238 g/mol. The normalized spacial score (nSPS) is 11.9. The van der Waals surface area contributed by atoms with Crippen LogP contribution in [-0.2, 0) is 0 Å². The predicted octanol–water partition coefficient (Wildman–Crippen LogP) is 2.83. The first kappa shape index (κ1) is 13.8. The summed E-state index contributed by atoms with van der Waals surface area (Å²) in [5.74, 6) is 0.588. The van der Waals surface area contributed by atoms with Gasteiger partial charge in [-0.05, 0) is 31.0 Å². The first-order chi connectivity index (χ1) is 8.17. The molecule has 1 rings (SSSR count). The molecule has 0 aliphatic heterocycles. The first-order valence-corrected chi connectivity index (χ1v) is 6.17. The second kappa shape index (κ2) is 7.17. The molecule has 1 N–H and O–H groups in total. The van der Waals surface area contributed by atoms with E-state index < -0.39 is 0 Å². The van der Waals surface area contributed by atoms with Gasteiger partial charge in [0, 0.05) is 17.5 Å². The Morgan fingerprint density at radius 2 is 2.29 bits per heavy atom. The summed E-state index contributed by atoms with van der Waals surface area (Å²) in [4.78, 5) is 11.8. The van der Waals surface area contributed by atoms with Crippen LogP contribution in [0, 0.1) is 0 Å². The van der Waals surface area contributed by atoms with Gasteiger partial charge in [-0.3, -0.25) is 4.79 Å². The second-order valence-corrected chi connectivity index (χ2v) is 4.40. The average molecular weight is 256 g/mol. The minimum atomic E-state index is -0.0936. The molecule has 0 spiro atoms. The van der Waals surface area contributed by atoms with Gasteiger partial charge in [0.15, 0.2) is 0 Å². The fourth-order valence-corrected chi connectivity index (χ4v) is 1.52. The zero-order valence-electron chi connectivity index (χ0n) is 10.2. The van der Waals surface area contributed by atoms with Crippen LogP contribution in [0.2, 0.25) is 0 Å². The Bertz CT molecular complexity index is 368. The lowest BCUT2D eigenvalue weighted by Gasteiger charge is -2.08. The van der Waals surface area contributed by atoms with E-state index in [1.165, 1.54) is 0 Å². The van der Waals surface area contributed by atoms with Gasteiger partial charge in [-0.2, -0.15) is 0 Å². The number of benzene rings is 1. The molecule has 17 heavy (non-hydrogen) atoms. The Morgan fingerprint density at radius 3 is 2.94 bits per heavy atom. The molecule has 1 unspecified atom stereocenters. The molecule has 0 fully saturated rings. The molecule has 3 nitrogen and oxygen atoms in total. The zero-order chi connectivity index (χ0) is 12.7. The van der Waals surface area contributed by atoms with Crippen LogP contribution in [0.5, 0.6) is 5.75 Å². The number of hydrogen-bond acceptors (Lipinski definition) is 2. The molecule has 0 saturated carbocycles. The summed E-state index contributed by atoms with van der Waals surface area (Å²) in [5.41, 5.74) is 0.604. The van der Waals surface area contributed by atoms with Crippen molar-refractivity contribution in [1.29, 1.82) is 0 Å². The highest BCUT2D eigenvalue weighted by Gasteiger charge is 2.07. The van der Waals surface area contributed by atoms with Crippen LogP contribution in [-0.4, -0.2) is 24.9 Å². The molecule has 4 heteroatoms. The molecule has 0 radical (unpaired) electrons. The van der Waals surface area contributed by atoms with E-state index >= 15 is 0 Å². The number of amides is 1. The summed E-state index contributed by atoms with van der Waals surface area (Å²) < 4.78 is 5.06. The van der Waals surface area contributed by atoms with Gasteiger partial charge in [0.05, 0.1) is 7.11 Å². The fraction of sp³-hybridized carbons (Fsp3) is 0.462. The van der Waals surface area contributed by atoms with Crippen molar-refractivity contribution in [3.63, 3.8) is 0 Å². The van der Waals surface area contributed by atoms with Crippen LogP contribution < -0.4 is 10.1 Å². The molecule has 0 aromatic heterocycles. The molecule has 1 aromatic carbocycles. The standard InChI is InChI=1S/C13H18ClNO2/c1-3-11(14)7-8-15-13(16)10-5-4-6-12(9-10)17-2/h4-6,9,11H,3,7-8H2,1-2H3,(H,15,16). The van der Waals surface area contributed by atoms with Gasteiger partial charge in [0.1, 0.15) is 5.75 Å². The van der Waals surface area contributed by atoms with Crippen molar-refractivity contribution in [2.45, 2.75) is 25.1 Å². The Balaban J connectivity index is 2.46. The number of carbonyl (C=O) groups is 1. The monoisotopic (exact) mass is 255 g/mol. The molecular formula is C13H18ClNO2. The van der Waals surface area contributed by atoms with E-state index in [4.69, 9.17) is 16.3 Å². The molecule has 0 aliphatic carbocycles. The Hall–Kier alpha value is -1.22. The number of nitrogens with one attached hydrogen (secondary N) is 1. The third kappa shape index (κ3) is 4.65. The largest absolute Gasteiger partial charge is 0.497 e. The Morgan fingerprint density at radius 1 is 1.53 bits per heavy atom. The topological polar surface area (TPSA) is 38.3 Å². The molecule has 1 aromatic rings. The number of ether oxygens (including phenoxy) is 1. The van der Waals surface area contributed by atoms with E-state index in [0.717, 1.165) is 12.8 Å². The molecule has 1 atom stereocenters. The van der Waals surface area contributed by atoms with Crippen molar-refractivity contribution in [3.8, 4) is 5.75 Å². The zero-order valence-corrected chi connectivity index (χ0v) is 11.0. The van der Waals surface area contributed by atoms with Crippen molar-refractivity contribution in [2.75, 3.05) is 13.7 Å². The Kier molecular flexibility index (Phi) is 5.84. The number of methoxy groups -OCH3 is 1. The maximum atomic E-state index is 11.8. The lowest BCUT2D eigenvalue weighted by molar-refractivity contribution is 0.0953. The van der Waals surface area contributed by atoms with Gasteiger partial charge in [-0.15, -0.1) is 11.6 Å². The van der Waals surface area contributed by atoms with Gasteiger partial charge in [0.25, 0.3) is 5.91 Å². The number of hydrogen-bond donors (Lipinski definition) is 1. The van der Waals surface area contributed by atoms with E-state index in [2.05, 4.69) is 5.32 Å². The van der Waals surface area contributed by atoms with Crippen molar-refractivity contribution < 1.29 is 9.53 Å². The summed E-state index contributed by atoms with van der Waals surface area (Å²) in [6.45, 7) is 2.62. The SMILES string of the molecule is CCC(Cl)CCNC(=O)c1cccc(OC)c1. The molecule has 0 heterocycles. The van der Waals surface area contributed by atoms with Crippen LogP contribution in [0.25, 0.3) is 0 Å². The minimum absolute atomic E-state index is 0.0936. The summed E-state index contributed by atoms with van der Waals surface area (Å²) >= 11 is 5.97. The van der Waals surface area contributed by atoms with Crippen molar-refractivity contribution in [2.24, 2.45) is 0 Å². The summed E-state index contributed by atoms with van der Waals surface area (Å²) in [5, 5.41) is 2.96. The van der Waals surface area contributed by atoms with Crippen LogP contribution in [0.15, 0.2) is 24.3 Å². The van der Waals surface area contributed by atoms with E-state index in [0.29, 0.717) is 17.9 Å². The Labute approximate surface area is 107 Å². The molecule has 94 valence electrons. The molecule has 0 saturated heterocycles. The average Bonchev–Trinajstić information content (AvgIpc) is 2.38. The van der Waals surface area contributed by atoms with Crippen molar-refractivity contribution >= 4 is 17.5 Å². The van der Waals surface area contributed by atoms with Gasteiger partial charge >= 0.3 is 0 Å². The van der Waals surface area contributed by atoms with Crippen LogP contribution in [0.4, 0.5) is 0 Å². The van der Waals surface area contributed by atoms with Crippen molar-refractivity contribution in [3.05, 3.63) is 29.8 Å². The maximum absolute atomic E-state index is 11.8. The lowest BCUT2D eigenvalue weighted by Crippen LogP contribution is -2.26. The number of halogens is 1. The lowest BCUT2D eigenvalue weighted by atomic mass is 10.2.